The van der Waals surface area contributed by atoms with Crippen molar-refractivity contribution in [2.24, 2.45) is 5.92 Å². The van der Waals surface area contributed by atoms with Crippen LogP contribution in [0.3, 0.4) is 0 Å². The van der Waals surface area contributed by atoms with E-state index in [0.717, 1.165) is 6.42 Å². The van der Waals surface area contributed by atoms with Gasteiger partial charge in [0, 0.05) is 10.1 Å². The molecule has 0 radical (unpaired) electrons. The molecule has 1 rings (SSSR count). The lowest BCUT2D eigenvalue weighted by Gasteiger charge is -2.21. The molecule has 0 amide bonds. The maximum atomic E-state index is 9.65. The molecule has 18 heavy (non-hydrogen) atoms. The predicted octanol–water partition coefficient (Wildman–Crippen LogP) is 6.53. The quantitative estimate of drug-likeness (QED) is 0.493. The lowest BCUT2D eigenvalue weighted by Crippen LogP contribution is -2.09. The van der Waals surface area contributed by atoms with E-state index in [1.165, 1.54) is 0 Å². The van der Waals surface area contributed by atoms with Crippen molar-refractivity contribution in [3.8, 4) is 5.75 Å². The summed E-state index contributed by atoms with van der Waals surface area (Å²) in [5, 5.41) is 10.6. The Morgan fingerprint density at radius 2 is 1.44 bits per heavy atom. The third-order valence-electron chi connectivity index (χ3n) is 2.62. The minimum absolute atomic E-state index is 0.0483. The number of phenolic OH excluding ortho intramolecular Hbond substituents is 1. The first-order chi connectivity index (χ1) is 8.31. The van der Waals surface area contributed by atoms with Gasteiger partial charge in [-0.2, -0.15) is 0 Å². The minimum atomic E-state index is -0.268. The van der Waals surface area contributed by atoms with Crippen LogP contribution in [0.5, 0.6) is 5.75 Å². The highest BCUT2D eigenvalue weighted by Gasteiger charge is 2.23. The molecule has 0 saturated heterocycles. The van der Waals surface area contributed by atoms with Crippen LogP contribution in [-0.4, -0.2) is 10.4 Å². The average Bonchev–Trinajstić information content (AvgIpc) is 2.34. The van der Waals surface area contributed by atoms with Gasteiger partial charge in [0.15, 0.2) is 5.75 Å². The van der Waals surface area contributed by atoms with Gasteiger partial charge in [-0.25, -0.2) is 0 Å². The van der Waals surface area contributed by atoms with Gasteiger partial charge in [0.1, 0.15) is 10.0 Å². The van der Waals surface area contributed by atoms with Crippen molar-refractivity contribution in [2.45, 2.75) is 37.3 Å². The second-order valence-corrected chi connectivity index (χ2v) is 7.00. The van der Waals surface area contributed by atoms with Gasteiger partial charge in [-0.05, 0) is 12.3 Å². The molecule has 102 valence electrons. The third-order valence-corrected chi connectivity index (χ3v) is 6.35. The van der Waals surface area contributed by atoms with Gasteiger partial charge in [0.25, 0.3) is 0 Å². The summed E-state index contributed by atoms with van der Waals surface area (Å²) in [6.45, 7) is 6.36. The molecule has 1 nitrogen and oxygen atoms in total. The van der Waals surface area contributed by atoms with Crippen molar-refractivity contribution in [3.05, 3.63) is 20.1 Å². The fourth-order valence-electron chi connectivity index (χ4n) is 1.55. The van der Waals surface area contributed by atoms with Crippen LogP contribution in [0.4, 0.5) is 0 Å². The Morgan fingerprint density at radius 1 is 1.00 bits per heavy atom. The number of rotatable bonds is 4. The van der Waals surface area contributed by atoms with Crippen LogP contribution in [0.25, 0.3) is 0 Å². The summed E-state index contributed by atoms with van der Waals surface area (Å²) in [6, 6.07) is 0. The first-order valence-corrected chi connectivity index (χ1v) is 7.91. The van der Waals surface area contributed by atoms with Crippen LogP contribution in [-0.2, 0) is 0 Å². The van der Waals surface area contributed by atoms with Crippen LogP contribution in [0.1, 0.15) is 27.2 Å². The Morgan fingerprint density at radius 3 is 1.78 bits per heavy atom. The van der Waals surface area contributed by atoms with Crippen LogP contribution >= 0.6 is 58.2 Å². The summed E-state index contributed by atoms with van der Waals surface area (Å²) in [4.78, 5) is 0.631. The molecular weight excluding hydrogens is 334 g/mol. The molecule has 0 aliphatic heterocycles. The van der Waals surface area contributed by atoms with Crippen LogP contribution in [0, 0.1) is 5.92 Å². The Labute approximate surface area is 132 Å². The monoisotopic (exact) mass is 346 g/mol. The van der Waals surface area contributed by atoms with Crippen molar-refractivity contribution in [2.75, 3.05) is 0 Å². The summed E-state index contributed by atoms with van der Waals surface area (Å²) in [7, 11) is 0. The molecule has 0 spiro atoms. The highest BCUT2D eigenvalue weighted by atomic mass is 35.5. The summed E-state index contributed by atoms with van der Waals surface area (Å²) in [5.74, 6) is 0.203. The molecule has 1 N–H and O–H groups in total. The molecule has 1 atom stereocenters. The van der Waals surface area contributed by atoms with Crippen molar-refractivity contribution in [1.29, 1.82) is 0 Å². The van der Waals surface area contributed by atoms with Gasteiger partial charge < -0.3 is 5.11 Å². The summed E-state index contributed by atoms with van der Waals surface area (Å²) in [6.07, 6.45) is 0.977. The van der Waals surface area contributed by atoms with E-state index in [-0.39, 0.29) is 25.8 Å². The molecule has 0 saturated carbocycles. The molecule has 0 bridgehead atoms. The zero-order valence-corrected chi connectivity index (χ0v) is 14.1. The molecule has 1 unspecified atom stereocenters. The van der Waals surface area contributed by atoms with E-state index in [1.807, 2.05) is 0 Å². The van der Waals surface area contributed by atoms with Crippen molar-refractivity contribution < 1.29 is 5.11 Å². The zero-order valence-electron chi connectivity index (χ0n) is 10.2. The third kappa shape index (κ3) is 3.34. The van der Waals surface area contributed by atoms with Gasteiger partial charge >= 0.3 is 0 Å². The molecule has 0 aliphatic carbocycles. The Kier molecular flexibility index (Phi) is 6.27. The maximum absolute atomic E-state index is 9.65. The van der Waals surface area contributed by atoms with E-state index in [0.29, 0.717) is 16.1 Å². The second-order valence-electron chi connectivity index (χ2n) is 4.24. The Bertz CT molecular complexity index is 419. The largest absolute Gasteiger partial charge is 0.505 e. The fourth-order valence-corrected chi connectivity index (χ4v) is 3.92. The second kappa shape index (κ2) is 6.81. The van der Waals surface area contributed by atoms with E-state index >= 15 is 0 Å². The Balaban J connectivity index is 3.25. The van der Waals surface area contributed by atoms with Crippen molar-refractivity contribution in [3.63, 3.8) is 0 Å². The first kappa shape index (κ1) is 16.6. The molecule has 6 heteroatoms. The molecule has 0 fully saturated rings. The van der Waals surface area contributed by atoms with Crippen LogP contribution in [0.15, 0.2) is 4.90 Å². The average molecular weight is 348 g/mol. The summed E-state index contributed by atoms with van der Waals surface area (Å²) >= 11 is 25.7. The normalized spacial score (nSPS) is 13.1. The molecule has 0 aliphatic rings. The number of phenols is 1. The minimum Gasteiger partial charge on any atom is -0.505 e. The number of aromatic hydroxyl groups is 1. The van der Waals surface area contributed by atoms with E-state index in [9.17, 15) is 5.11 Å². The van der Waals surface area contributed by atoms with Gasteiger partial charge in [-0.15, -0.1) is 11.8 Å². The van der Waals surface area contributed by atoms with Gasteiger partial charge in [-0.3, -0.25) is 0 Å². The van der Waals surface area contributed by atoms with E-state index in [2.05, 4.69) is 20.8 Å². The number of benzene rings is 1. The SMILES string of the molecule is CCC(Sc1c(Cl)c(Cl)c(O)c(Cl)c1Cl)C(C)C. The summed E-state index contributed by atoms with van der Waals surface area (Å²) in [5.41, 5.74) is 0. The van der Waals surface area contributed by atoms with Crippen LogP contribution < -0.4 is 0 Å². The highest BCUT2D eigenvalue weighted by molar-refractivity contribution is 8.00. The number of hydrogen-bond acceptors (Lipinski definition) is 2. The smallest absolute Gasteiger partial charge is 0.155 e. The molecule has 0 heterocycles. The predicted molar refractivity (Wildman–Crippen MR) is 82.9 cm³/mol. The van der Waals surface area contributed by atoms with E-state index in [4.69, 9.17) is 46.4 Å². The Hall–Kier alpha value is 0.530. The molecule has 1 aromatic rings. The topological polar surface area (TPSA) is 20.2 Å². The van der Waals surface area contributed by atoms with Crippen molar-refractivity contribution >= 4 is 58.2 Å². The zero-order chi connectivity index (χ0) is 14.0. The van der Waals surface area contributed by atoms with Gasteiger partial charge in [0.2, 0.25) is 0 Å². The standard InChI is InChI=1S/C12H14Cl4OS/c1-4-6(5(2)3)18-12-9(15)7(13)11(17)8(14)10(12)16/h5-6,17H,4H2,1-3H3. The van der Waals surface area contributed by atoms with Gasteiger partial charge in [0.05, 0.1) is 10.0 Å². The number of thioether (sulfide) groups is 1. The highest BCUT2D eigenvalue weighted by Crippen LogP contribution is 2.50. The molecule has 1 aromatic carbocycles. The maximum Gasteiger partial charge on any atom is 0.155 e. The number of hydrogen-bond donors (Lipinski definition) is 1. The number of halogens is 4. The van der Waals surface area contributed by atoms with Crippen molar-refractivity contribution in [1.82, 2.24) is 0 Å². The van der Waals surface area contributed by atoms with E-state index < -0.39 is 0 Å². The fraction of sp³-hybridized carbons (Fsp3) is 0.500. The van der Waals surface area contributed by atoms with Gasteiger partial charge in [-0.1, -0.05) is 67.2 Å². The van der Waals surface area contributed by atoms with Crippen LogP contribution in [0.2, 0.25) is 20.1 Å². The molecular formula is C12H14Cl4OS. The first-order valence-electron chi connectivity index (χ1n) is 5.52. The summed E-state index contributed by atoms with van der Waals surface area (Å²) < 4.78 is 0. The lowest BCUT2D eigenvalue weighted by atomic mass is 10.1. The lowest BCUT2D eigenvalue weighted by molar-refractivity contribution is 0.475. The molecule has 0 aromatic heterocycles. The van der Waals surface area contributed by atoms with E-state index in [1.54, 1.807) is 11.8 Å².